The highest BCUT2D eigenvalue weighted by atomic mass is 79.9. The smallest absolute Gasteiger partial charge is 0.236 e. The molecule has 76 valence electrons. The fourth-order valence-corrected chi connectivity index (χ4v) is 2.24. The van der Waals surface area contributed by atoms with Crippen molar-refractivity contribution in [1.29, 1.82) is 0 Å². The highest BCUT2D eigenvalue weighted by Crippen LogP contribution is 2.22. The van der Waals surface area contributed by atoms with E-state index in [1.54, 1.807) is 0 Å². The van der Waals surface area contributed by atoms with E-state index in [1.807, 2.05) is 4.90 Å². The lowest BCUT2D eigenvalue weighted by Gasteiger charge is -2.34. The number of likely N-dealkylation sites (tertiary alicyclic amines) is 1. The number of nitrogens with zero attached hydrogens (tertiary/aromatic N) is 1. The van der Waals surface area contributed by atoms with Gasteiger partial charge < -0.3 is 4.90 Å². The fourth-order valence-electron chi connectivity index (χ4n) is 1.62. The van der Waals surface area contributed by atoms with E-state index >= 15 is 0 Å². The molecule has 0 saturated carbocycles. The predicted octanol–water partition coefficient (Wildman–Crippen LogP) is 2.42. The molecule has 1 amide bonds. The van der Waals surface area contributed by atoms with Crippen LogP contribution in [-0.2, 0) is 4.79 Å². The Morgan fingerprint density at radius 3 is 2.69 bits per heavy atom. The zero-order valence-corrected chi connectivity index (χ0v) is 10.2. The zero-order valence-electron chi connectivity index (χ0n) is 8.64. The molecule has 0 aliphatic carbocycles. The van der Waals surface area contributed by atoms with Crippen LogP contribution >= 0.6 is 15.9 Å². The van der Waals surface area contributed by atoms with Crippen molar-refractivity contribution in [3.05, 3.63) is 0 Å². The number of halogens is 1. The van der Waals surface area contributed by atoms with Gasteiger partial charge in [0.25, 0.3) is 0 Å². The van der Waals surface area contributed by atoms with Crippen molar-refractivity contribution in [1.82, 2.24) is 4.90 Å². The van der Waals surface area contributed by atoms with Crippen LogP contribution in [0.15, 0.2) is 0 Å². The number of hydrogen-bond donors (Lipinski definition) is 0. The van der Waals surface area contributed by atoms with Crippen LogP contribution in [0.5, 0.6) is 0 Å². The molecule has 1 aliphatic rings. The normalized spacial score (nSPS) is 25.1. The van der Waals surface area contributed by atoms with E-state index in [2.05, 4.69) is 36.7 Å². The molecule has 1 rings (SSSR count). The van der Waals surface area contributed by atoms with Gasteiger partial charge in [0.15, 0.2) is 0 Å². The standard InChI is InChI=1S/C10H18BrNO/c1-10(2,3)7-12-6-4-5-8(11)9(12)13/h8H,4-7H2,1-3H3. The molecule has 3 heteroatoms. The van der Waals surface area contributed by atoms with E-state index < -0.39 is 0 Å². The van der Waals surface area contributed by atoms with Gasteiger partial charge in [0.2, 0.25) is 5.91 Å². The molecule has 1 heterocycles. The van der Waals surface area contributed by atoms with Crippen molar-refractivity contribution in [3.8, 4) is 0 Å². The van der Waals surface area contributed by atoms with Crippen LogP contribution in [0.3, 0.4) is 0 Å². The first-order chi connectivity index (χ1) is 5.90. The van der Waals surface area contributed by atoms with Gasteiger partial charge in [0.05, 0.1) is 4.83 Å². The van der Waals surface area contributed by atoms with Crippen LogP contribution in [0, 0.1) is 5.41 Å². The van der Waals surface area contributed by atoms with Crippen molar-refractivity contribution in [3.63, 3.8) is 0 Å². The van der Waals surface area contributed by atoms with Crippen LogP contribution in [-0.4, -0.2) is 28.7 Å². The maximum Gasteiger partial charge on any atom is 0.236 e. The average molecular weight is 248 g/mol. The third-order valence-corrected chi connectivity index (χ3v) is 2.98. The third kappa shape index (κ3) is 3.29. The lowest BCUT2D eigenvalue weighted by atomic mass is 9.95. The summed E-state index contributed by atoms with van der Waals surface area (Å²) in [5.41, 5.74) is 0.208. The van der Waals surface area contributed by atoms with E-state index in [0.717, 1.165) is 25.9 Å². The van der Waals surface area contributed by atoms with Gasteiger partial charge in [0, 0.05) is 13.1 Å². The number of amides is 1. The second-order valence-corrected chi connectivity index (χ2v) is 6.04. The predicted molar refractivity (Wildman–Crippen MR) is 58.0 cm³/mol. The van der Waals surface area contributed by atoms with Crippen LogP contribution in [0.4, 0.5) is 0 Å². The summed E-state index contributed by atoms with van der Waals surface area (Å²) in [7, 11) is 0. The van der Waals surface area contributed by atoms with Gasteiger partial charge >= 0.3 is 0 Å². The molecule has 0 bridgehead atoms. The van der Waals surface area contributed by atoms with Crippen molar-refractivity contribution in [2.45, 2.75) is 38.4 Å². The maximum absolute atomic E-state index is 11.7. The fraction of sp³-hybridized carbons (Fsp3) is 0.900. The molecule has 0 spiro atoms. The first-order valence-corrected chi connectivity index (χ1v) is 5.74. The van der Waals surface area contributed by atoms with Crippen molar-refractivity contribution >= 4 is 21.8 Å². The lowest BCUT2D eigenvalue weighted by Crippen LogP contribution is -2.45. The van der Waals surface area contributed by atoms with Crippen LogP contribution in [0.25, 0.3) is 0 Å². The topological polar surface area (TPSA) is 20.3 Å². The van der Waals surface area contributed by atoms with E-state index in [0.29, 0.717) is 0 Å². The third-order valence-electron chi connectivity index (χ3n) is 2.13. The molecular weight excluding hydrogens is 230 g/mol. The van der Waals surface area contributed by atoms with E-state index in [1.165, 1.54) is 0 Å². The highest BCUT2D eigenvalue weighted by molar-refractivity contribution is 9.10. The first-order valence-electron chi connectivity index (χ1n) is 4.83. The maximum atomic E-state index is 11.7. The molecular formula is C10H18BrNO. The Balaban J connectivity index is 2.54. The Bertz CT molecular complexity index is 198. The van der Waals surface area contributed by atoms with Crippen LogP contribution in [0.1, 0.15) is 33.6 Å². The Kier molecular flexibility index (Phi) is 3.38. The second-order valence-electron chi connectivity index (χ2n) is 4.93. The summed E-state index contributed by atoms with van der Waals surface area (Å²) in [6.45, 7) is 8.29. The minimum absolute atomic E-state index is 0.0589. The molecule has 0 aromatic carbocycles. The molecule has 0 radical (unpaired) electrons. The molecule has 13 heavy (non-hydrogen) atoms. The zero-order chi connectivity index (χ0) is 10.1. The van der Waals surface area contributed by atoms with Crippen LogP contribution < -0.4 is 0 Å². The summed E-state index contributed by atoms with van der Waals surface area (Å²) in [6, 6.07) is 0. The number of piperidine rings is 1. The molecule has 0 aromatic heterocycles. The lowest BCUT2D eigenvalue weighted by molar-refractivity contribution is -0.133. The molecule has 1 fully saturated rings. The summed E-state index contributed by atoms with van der Waals surface area (Å²) in [5.74, 6) is 0.265. The van der Waals surface area contributed by atoms with Gasteiger partial charge in [-0.15, -0.1) is 0 Å². The van der Waals surface area contributed by atoms with Crippen molar-refractivity contribution in [2.75, 3.05) is 13.1 Å². The molecule has 0 aromatic rings. The molecule has 1 atom stereocenters. The minimum Gasteiger partial charge on any atom is -0.341 e. The van der Waals surface area contributed by atoms with Crippen LogP contribution in [0.2, 0.25) is 0 Å². The summed E-state index contributed by atoms with van der Waals surface area (Å²) in [6.07, 6.45) is 2.11. The summed E-state index contributed by atoms with van der Waals surface area (Å²) < 4.78 is 0. The quantitative estimate of drug-likeness (QED) is 0.652. The number of carbonyl (C=O) groups is 1. The summed E-state index contributed by atoms with van der Waals surface area (Å²) >= 11 is 3.41. The number of carbonyl (C=O) groups excluding carboxylic acids is 1. The van der Waals surface area contributed by atoms with Gasteiger partial charge in [-0.1, -0.05) is 36.7 Å². The molecule has 1 aliphatic heterocycles. The highest BCUT2D eigenvalue weighted by Gasteiger charge is 2.28. The Hall–Kier alpha value is -0.0500. The van der Waals surface area contributed by atoms with Crippen molar-refractivity contribution < 1.29 is 4.79 Å². The number of hydrogen-bond acceptors (Lipinski definition) is 1. The van der Waals surface area contributed by atoms with Crippen molar-refractivity contribution in [2.24, 2.45) is 5.41 Å². The minimum atomic E-state index is 0.0589. The van der Waals surface area contributed by atoms with Gasteiger partial charge in [-0.05, 0) is 18.3 Å². The Morgan fingerprint density at radius 2 is 2.15 bits per heavy atom. The second kappa shape index (κ2) is 3.99. The van der Waals surface area contributed by atoms with Gasteiger partial charge in [-0.2, -0.15) is 0 Å². The molecule has 1 saturated heterocycles. The SMILES string of the molecule is CC(C)(C)CN1CCCC(Br)C1=O. The molecule has 0 N–H and O–H groups in total. The number of alkyl halides is 1. The van der Waals surface area contributed by atoms with E-state index in [-0.39, 0.29) is 16.1 Å². The average Bonchev–Trinajstić information content (AvgIpc) is 1.96. The Labute approximate surface area is 88.8 Å². The van der Waals surface area contributed by atoms with Gasteiger partial charge in [-0.25, -0.2) is 0 Å². The van der Waals surface area contributed by atoms with E-state index in [4.69, 9.17) is 0 Å². The largest absolute Gasteiger partial charge is 0.341 e. The monoisotopic (exact) mass is 247 g/mol. The summed E-state index contributed by atoms with van der Waals surface area (Å²) in [5, 5.41) is 0. The first kappa shape index (κ1) is 11.0. The van der Waals surface area contributed by atoms with E-state index in [9.17, 15) is 4.79 Å². The van der Waals surface area contributed by atoms with Gasteiger partial charge in [-0.3, -0.25) is 4.79 Å². The number of rotatable bonds is 1. The molecule has 2 nitrogen and oxygen atoms in total. The van der Waals surface area contributed by atoms with Gasteiger partial charge in [0.1, 0.15) is 0 Å². The summed E-state index contributed by atoms with van der Waals surface area (Å²) in [4.78, 5) is 13.7. The Morgan fingerprint density at radius 1 is 1.54 bits per heavy atom. The molecule has 1 unspecified atom stereocenters.